The van der Waals surface area contributed by atoms with E-state index in [2.05, 4.69) is 11.9 Å². The van der Waals surface area contributed by atoms with Gasteiger partial charge in [0.1, 0.15) is 0 Å². The summed E-state index contributed by atoms with van der Waals surface area (Å²) in [6, 6.07) is 2.42. The number of nitrogens with one attached hydrogen (secondary N) is 1. The third-order valence-electron chi connectivity index (χ3n) is 3.01. The summed E-state index contributed by atoms with van der Waals surface area (Å²) in [6.07, 6.45) is 2.32. The average molecular weight is 327 g/mol. The van der Waals surface area contributed by atoms with E-state index in [9.17, 15) is 18.4 Å². The minimum absolute atomic E-state index is 0.0736. The van der Waals surface area contributed by atoms with Gasteiger partial charge in [0.2, 0.25) is 5.91 Å². The molecule has 23 heavy (non-hydrogen) atoms. The topological polar surface area (TPSA) is 75.6 Å². The third-order valence-corrected chi connectivity index (χ3v) is 3.01. The molecule has 1 unspecified atom stereocenters. The van der Waals surface area contributed by atoms with Crippen molar-refractivity contribution in [3.05, 3.63) is 48.1 Å². The number of ether oxygens (including phenoxy) is 1. The first-order valence-electron chi connectivity index (χ1n) is 7.08. The number of carboxylic acid groups (broad SMARTS) is 1. The largest absolute Gasteiger partial charge is 0.480 e. The van der Waals surface area contributed by atoms with Gasteiger partial charge in [-0.2, -0.15) is 0 Å². The van der Waals surface area contributed by atoms with Crippen molar-refractivity contribution in [1.29, 1.82) is 0 Å². The second kappa shape index (κ2) is 9.68. The lowest BCUT2D eigenvalue weighted by molar-refractivity contribution is -0.143. The molecule has 1 rings (SSSR count). The van der Waals surface area contributed by atoms with Crippen LogP contribution in [0.15, 0.2) is 30.9 Å². The Kier molecular flexibility index (Phi) is 7.90. The van der Waals surface area contributed by atoms with Gasteiger partial charge in [0, 0.05) is 6.42 Å². The first-order chi connectivity index (χ1) is 10.9. The summed E-state index contributed by atoms with van der Waals surface area (Å²) < 4.78 is 30.8. The molecule has 0 fully saturated rings. The summed E-state index contributed by atoms with van der Waals surface area (Å²) in [6.45, 7) is 3.47. The van der Waals surface area contributed by atoms with Crippen LogP contribution >= 0.6 is 0 Å². The van der Waals surface area contributed by atoms with Crippen LogP contribution in [-0.2, 0) is 20.7 Å². The van der Waals surface area contributed by atoms with Crippen LogP contribution in [0.2, 0.25) is 0 Å². The summed E-state index contributed by atoms with van der Waals surface area (Å²) in [4.78, 5) is 22.7. The van der Waals surface area contributed by atoms with Crippen LogP contribution in [-0.4, -0.2) is 36.2 Å². The van der Waals surface area contributed by atoms with E-state index in [-0.39, 0.29) is 19.6 Å². The van der Waals surface area contributed by atoms with Gasteiger partial charge in [0.25, 0.3) is 0 Å². The lowest BCUT2D eigenvalue weighted by Gasteiger charge is -2.14. The van der Waals surface area contributed by atoms with E-state index in [1.54, 1.807) is 0 Å². The lowest BCUT2D eigenvalue weighted by Crippen LogP contribution is -2.44. The Bertz CT molecular complexity index is 563. The number of carboxylic acids is 1. The molecule has 1 amide bonds. The molecule has 1 atom stereocenters. The zero-order chi connectivity index (χ0) is 17.2. The van der Waals surface area contributed by atoms with Crippen LogP contribution in [0.3, 0.4) is 0 Å². The Morgan fingerprint density at radius 3 is 2.70 bits per heavy atom. The van der Waals surface area contributed by atoms with Crippen LogP contribution in [0.4, 0.5) is 8.78 Å². The van der Waals surface area contributed by atoms with E-state index in [1.165, 1.54) is 12.1 Å². The van der Waals surface area contributed by atoms with Gasteiger partial charge in [-0.1, -0.05) is 12.1 Å². The van der Waals surface area contributed by atoms with Gasteiger partial charge in [0.15, 0.2) is 17.7 Å². The third kappa shape index (κ3) is 7.01. The highest BCUT2D eigenvalue weighted by atomic mass is 19.2. The SMILES string of the molecule is C=CCOCC(NC(=O)CCCc1ccc(F)c(F)c1)C(=O)O. The number of rotatable bonds is 10. The number of halogens is 2. The second-order valence-corrected chi connectivity index (χ2v) is 4.89. The molecule has 7 heteroatoms. The number of carbonyl (C=O) groups is 2. The molecule has 5 nitrogen and oxygen atoms in total. The molecule has 1 aromatic carbocycles. The van der Waals surface area contributed by atoms with Crippen molar-refractivity contribution in [2.45, 2.75) is 25.3 Å². The molecular formula is C16H19F2NO4. The maximum Gasteiger partial charge on any atom is 0.328 e. The molecule has 2 N–H and O–H groups in total. The number of amides is 1. The maximum absolute atomic E-state index is 13.0. The van der Waals surface area contributed by atoms with Gasteiger partial charge in [-0.3, -0.25) is 4.79 Å². The molecule has 0 aromatic heterocycles. The molecule has 0 saturated heterocycles. The van der Waals surface area contributed by atoms with E-state index in [4.69, 9.17) is 9.84 Å². The summed E-state index contributed by atoms with van der Waals surface area (Å²) in [7, 11) is 0. The fourth-order valence-electron chi connectivity index (χ4n) is 1.86. The van der Waals surface area contributed by atoms with E-state index >= 15 is 0 Å². The van der Waals surface area contributed by atoms with Crippen molar-refractivity contribution in [3.63, 3.8) is 0 Å². The van der Waals surface area contributed by atoms with Crippen molar-refractivity contribution in [2.75, 3.05) is 13.2 Å². The van der Waals surface area contributed by atoms with Gasteiger partial charge in [-0.25, -0.2) is 13.6 Å². The van der Waals surface area contributed by atoms with Gasteiger partial charge >= 0.3 is 5.97 Å². The molecule has 0 spiro atoms. The normalized spacial score (nSPS) is 11.7. The zero-order valence-corrected chi connectivity index (χ0v) is 12.6. The Morgan fingerprint density at radius 1 is 1.35 bits per heavy atom. The quantitative estimate of drug-likeness (QED) is 0.509. The van der Waals surface area contributed by atoms with Crippen molar-refractivity contribution < 1.29 is 28.2 Å². The van der Waals surface area contributed by atoms with Crippen LogP contribution in [0.25, 0.3) is 0 Å². The Labute approximate surface area is 133 Å². The molecule has 0 saturated carbocycles. The Balaban J connectivity index is 2.38. The number of carbonyl (C=O) groups excluding carboxylic acids is 1. The minimum atomic E-state index is -1.19. The summed E-state index contributed by atoms with van der Waals surface area (Å²) in [5.74, 6) is -3.49. The molecule has 0 aliphatic heterocycles. The Morgan fingerprint density at radius 2 is 2.09 bits per heavy atom. The molecular weight excluding hydrogens is 308 g/mol. The molecule has 0 bridgehead atoms. The Hall–Kier alpha value is -2.28. The number of benzene rings is 1. The monoisotopic (exact) mass is 327 g/mol. The maximum atomic E-state index is 13.0. The van der Waals surface area contributed by atoms with Crippen molar-refractivity contribution >= 4 is 11.9 Å². The van der Waals surface area contributed by atoms with Gasteiger partial charge in [-0.15, -0.1) is 6.58 Å². The first-order valence-corrected chi connectivity index (χ1v) is 7.08. The highest BCUT2D eigenvalue weighted by molar-refractivity contribution is 5.83. The van der Waals surface area contributed by atoms with Gasteiger partial charge in [0.05, 0.1) is 13.2 Å². The van der Waals surface area contributed by atoms with E-state index in [0.717, 1.165) is 12.1 Å². The lowest BCUT2D eigenvalue weighted by atomic mass is 10.1. The van der Waals surface area contributed by atoms with Crippen molar-refractivity contribution in [3.8, 4) is 0 Å². The van der Waals surface area contributed by atoms with Crippen LogP contribution in [0, 0.1) is 11.6 Å². The summed E-state index contributed by atoms with van der Waals surface area (Å²) in [5.41, 5.74) is 0.570. The second-order valence-electron chi connectivity index (χ2n) is 4.89. The first kappa shape index (κ1) is 18.8. The van der Waals surface area contributed by atoms with Crippen LogP contribution in [0.5, 0.6) is 0 Å². The predicted octanol–water partition coefficient (Wildman–Crippen LogP) is 2.06. The smallest absolute Gasteiger partial charge is 0.328 e. The molecule has 0 heterocycles. The van der Waals surface area contributed by atoms with E-state index in [0.29, 0.717) is 18.4 Å². The number of aryl methyl sites for hydroxylation is 1. The zero-order valence-electron chi connectivity index (χ0n) is 12.6. The van der Waals surface area contributed by atoms with E-state index < -0.39 is 29.6 Å². The molecule has 0 aliphatic carbocycles. The highest BCUT2D eigenvalue weighted by Crippen LogP contribution is 2.11. The van der Waals surface area contributed by atoms with Crippen LogP contribution in [0.1, 0.15) is 18.4 Å². The number of aliphatic carboxylic acids is 1. The standard InChI is InChI=1S/C16H19F2NO4/c1-2-8-23-10-14(16(21)22)19-15(20)5-3-4-11-6-7-12(17)13(18)9-11/h2,6-7,9,14H,1,3-5,8,10H2,(H,19,20)(H,21,22). The average Bonchev–Trinajstić information content (AvgIpc) is 2.50. The van der Waals surface area contributed by atoms with E-state index in [1.807, 2.05) is 0 Å². The fraction of sp³-hybridized carbons (Fsp3) is 0.375. The predicted molar refractivity (Wildman–Crippen MR) is 79.9 cm³/mol. The van der Waals surface area contributed by atoms with Crippen molar-refractivity contribution in [2.24, 2.45) is 0 Å². The summed E-state index contributed by atoms with van der Waals surface area (Å²) in [5, 5.41) is 11.3. The van der Waals surface area contributed by atoms with Gasteiger partial charge in [-0.05, 0) is 30.5 Å². The van der Waals surface area contributed by atoms with Crippen molar-refractivity contribution in [1.82, 2.24) is 5.32 Å². The molecule has 0 radical (unpaired) electrons. The minimum Gasteiger partial charge on any atom is -0.480 e. The molecule has 126 valence electrons. The van der Waals surface area contributed by atoms with Crippen LogP contribution < -0.4 is 5.32 Å². The van der Waals surface area contributed by atoms with Gasteiger partial charge < -0.3 is 15.2 Å². The highest BCUT2D eigenvalue weighted by Gasteiger charge is 2.19. The number of hydrogen-bond acceptors (Lipinski definition) is 3. The molecule has 1 aromatic rings. The number of hydrogen-bond donors (Lipinski definition) is 2. The fourth-order valence-corrected chi connectivity index (χ4v) is 1.86. The molecule has 0 aliphatic rings. The summed E-state index contributed by atoms with van der Waals surface area (Å²) >= 11 is 0.